The zero-order valence-electron chi connectivity index (χ0n) is 14.3. The molecular formula is C19H30BrNO. The van der Waals surface area contributed by atoms with Crippen molar-refractivity contribution in [2.75, 3.05) is 4.90 Å². The minimum Gasteiger partial charge on any atom is -0.309 e. The summed E-state index contributed by atoms with van der Waals surface area (Å²) in [6.45, 7) is 6.51. The van der Waals surface area contributed by atoms with Gasteiger partial charge in [0.05, 0.1) is 0 Å². The van der Waals surface area contributed by atoms with Crippen LogP contribution in [0.25, 0.3) is 0 Å². The second-order valence-electron chi connectivity index (χ2n) is 5.93. The molecule has 0 saturated carbocycles. The van der Waals surface area contributed by atoms with Gasteiger partial charge in [0.1, 0.15) is 0 Å². The van der Waals surface area contributed by atoms with Crippen LogP contribution in [0.1, 0.15) is 72.1 Å². The first-order valence-electron chi connectivity index (χ1n) is 8.71. The number of amides is 1. The Hall–Kier alpha value is -0.830. The highest BCUT2D eigenvalue weighted by Gasteiger charge is 2.24. The lowest BCUT2D eigenvalue weighted by atomic mass is 10.0. The number of halogens is 1. The SMILES string of the molecule is CCCCC(CCCC)N(C(=O)CCC)c1cccc(Br)c1. The van der Waals surface area contributed by atoms with E-state index in [1.165, 1.54) is 25.7 Å². The van der Waals surface area contributed by atoms with Crippen molar-refractivity contribution in [3.05, 3.63) is 28.7 Å². The van der Waals surface area contributed by atoms with Gasteiger partial charge in [-0.3, -0.25) is 4.79 Å². The van der Waals surface area contributed by atoms with Crippen LogP contribution >= 0.6 is 15.9 Å². The second-order valence-corrected chi connectivity index (χ2v) is 6.85. The largest absolute Gasteiger partial charge is 0.309 e. The van der Waals surface area contributed by atoms with Gasteiger partial charge in [0.15, 0.2) is 0 Å². The first kappa shape index (κ1) is 19.2. The lowest BCUT2D eigenvalue weighted by Crippen LogP contribution is -2.40. The van der Waals surface area contributed by atoms with Crippen molar-refractivity contribution in [2.24, 2.45) is 0 Å². The summed E-state index contributed by atoms with van der Waals surface area (Å²) < 4.78 is 1.03. The maximum absolute atomic E-state index is 12.7. The van der Waals surface area contributed by atoms with Crippen LogP contribution in [0.5, 0.6) is 0 Å². The average molecular weight is 368 g/mol. The third kappa shape index (κ3) is 6.12. The molecule has 0 saturated heterocycles. The fraction of sp³-hybridized carbons (Fsp3) is 0.632. The molecule has 0 aliphatic rings. The van der Waals surface area contributed by atoms with E-state index in [9.17, 15) is 4.79 Å². The number of unbranched alkanes of at least 4 members (excludes halogenated alkanes) is 2. The second kappa shape index (κ2) is 10.8. The Labute approximate surface area is 144 Å². The average Bonchev–Trinajstić information content (AvgIpc) is 2.50. The Morgan fingerprint density at radius 2 is 1.73 bits per heavy atom. The molecule has 0 aliphatic heterocycles. The molecule has 0 radical (unpaired) electrons. The zero-order valence-corrected chi connectivity index (χ0v) is 15.9. The van der Waals surface area contributed by atoms with E-state index < -0.39 is 0 Å². The fourth-order valence-corrected chi connectivity index (χ4v) is 3.19. The van der Waals surface area contributed by atoms with E-state index in [4.69, 9.17) is 0 Å². The van der Waals surface area contributed by atoms with Crippen LogP contribution in [-0.4, -0.2) is 11.9 Å². The van der Waals surface area contributed by atoms with Crippen LogP contribution in [0, 0.1) is 0 Å². The summed E-state index contributed by atoms with van der Waals surface area (Å²) in [7, 11) is 0. The van der Waals surface area contributed by atoms with Gasteiger partial charge >= 0.3 is 0 Å². The Morgan fingerprint density at radius 3 is 2.23 bits per heavy atom. The van der Waals surface area contributed by atoms with Crippen molar-refractivity contribution < 1.29 is 4.79 Å². The number of nitrogens with zero attached hydrogens (tertiary/aromatic N) is 1. The van der Waals surface area contributed by atoms with Gasteiger partial charge in [-0.25, -0.2) is 0 Å². The van der Waals surface area contributed by atoms with Gasteiger partial charge in [-0.15, -0.1) is 0 Å². The summed E-state index contributed by atoms with van der Waals surface area (Å²) >= 11 is 3.54. The minimum atomic E-state index is 0.262. The molecule has 0 N–H and O–H groups in total. The molecule has 0 aromatic heterocycles. The number of benzene rings is 1. The Kier molecular flexibility index (Phi) is 9.45. The summed E-state index contributed by atoms with van der Waals surface area (Å²) in [5.41, 5.74) is 1.03. The Morgan fingerprint density at radius 1 is 1.09 bits per heavy atom. The molecule has 0 aliphatic carbocycles. The predicted molar refractivity (Wildman–Crippen MR) is 99.4 cm³/mol. The van der Waals surface area contributed by atoms with Gasteiger partial charge in [0.2, 0.25) is 5.91 Å². The van der Waals surface area contributed by atoms with Gasteiger partial charge in [0.25, 0.3) is 0 Å². The third-order valence-electron chi connectivity index (χ3n) is 3.97. The molecular weight excluding hydrogens is 338 g/mol. The van der Waals surface area contributed by atoms with Gasteiger partial charge in [-0.1, -0.05) is 68.5 Å². The fourth-order valence-electron chi connectivity index (χ4n) is 2.80. The van der Waals surface area contributed by atoms with Crippen LogP contribution in [0.15, 0.2) is 28.7 Å². The van der Waals surface area contributed by atoms with Crippen molar-refractivity contribution in [3.63, 3.8) is 0 Å². The molecule has 0 atom stereocenters. The Bertz CT molecular complexity index is 439. The first-order chi connectivity index (χ1) is 10.6. The van der Waals surface area contributed by atoms with E-state index in [1.54, 1.807) is 0 Å². The highest BCUT2D eigenvalue weighted by atomic mass is 79.9. The molecule has 2 nitrogen and oxygen atoms in total. The summed E-state index contributed by atoms with van der Waals surface area (Å²) in [5.74, 6) is 0.262. The molecule has 1 rings (SSSR count). The molecule has 22 heavy (non-hydrogen) atoms. The highest BCUT2D eigenvalue weighted by molar-refractivity contribution is 9.10. The van der Waals surface area contributed by atoms with Crippen LogP contribution in [0.4, 0.5) is 5.69 Å². The summed E-state index contributed by atoms with van der Waals surface area (Å²) in [5, 5.41) is 0. The quantitative estimate of drug-likeness (QED) is 0.472. The van der Waals surface area contributed by atoms with Crippen molar-refractivity contribution in [1.29, 1.82) is 0 Å². The molecule has 1 amide bonds. The van der Waals surface area contributed by atoms with E-state index in [0.29, 0.717) is 12.5 Å². The minimum absolute atomic E-state index is 0.262. The molecule has 0 spiro atoms. The van der Waals surface area contributed by atoms with E-state index in [1.807, 2.05) is 12.1 Å². The van der Waals surface area contributed by atoms with Crippen LogP contribution in [0.3, 0.4) is 0 Å². The summed E-state index contributed by atoms with van der Waals surface area (Å²) in [4.78, 5) is 14.8. The van der Waals surface area contributed by atoms with Crippen LogP contribution < -0.4 is 4.90 Å². The monoisotopic (exact) mass is 367 g/mol. The van der Waals surface area contributed by atoms with Crippen LogP contribution in [0.2, 0.25) is 0 Å². The number of hydrogen-bond acceptors (Lipinski definition) is 1. The molecule has 3 heteroatoms. The topological polar surface area (TPSA) is 20.3 Å². The first-order valence-corrected chi connectivity index (χ1v) is 9.50. The lowest BCUT2D eigenvalue weighted by Gasteiger charge is -2.32. The predicted octanol–water partition coefficient (Wildman–Crippen LogP) is 6.33. The lowest BCUT2D eigenvalue weighted by molar-refractivity contribution is -0.119. The van der Waals surface area contributed by atoms with Gasteiger partial charge < -0.3 is 4.90 Å². The molecule has 124 valence electrons. The van der Waals surface area contributed by atoms with Crippen molar-refractivity contribution >= 4 is 27.5 Å². The maximum Gasteiger partial charge on any atom is 0.227 e. The zero-order chi connectivity index (χ0) is 16.4. The van der Waals surface area contributed by atoms with Crippen molar-refractivity contribution in [2.45, 2.75) is 78.2 Å². The Balaban J connectivity index is 3.05. The standard InChI is InChI=1S/C19H30BrNO/c1-4-7-12-17(13-8-5-2)21(19(22)10-6-3)18-14-9-11-16(20)15-18/h9,11,14-15,17H,4-8,10,12-13H2,1-3H3. The summed E-state index contributed by atoms with van der Waals surface area (Å²) in [6.07, 6.45) is 8.43. The van der Waals surface area contributed by atoms with Gasteiger partial charge in [0, 0.05) is 22.6 Å². The molecule has 0 bridgehead atoms. The number of carbonyl (C=O) groups excluding carboxylic acids is 1. The van der Waals surface area contributed by atoms with E-state index in [0.717, 1.165) is 29.4 Å². The van der Waals surface area contributed by atoms with E-state index in [-0.39, 0.29) is 5.91 Å². The van der Waals surface area contributed by atoms with Crippen molar-refractivity contribution in [1.82, 2.24) is 0 Å². The number of carbonyl (C=O) groups is 1. The third-order valence-corrected chi connectivity index (χ3v) is 4.46. The van der Waals surface area contributed by atoms with E-state index >= 15 is 0 Å². The number of anilines is 1. The van der Waals surface area contributed by atoms with Gasteiger partial charge in [-0.05, 0) is 37.5 Å². The molecule has 0 unspecified atom stereocenters. The maximum atomic E-state index is 12.7. The molecule has 0 fully saturated rings. The number of hydrogen-bond donors (Lipinski definition) is 0. The smallest absolute Gasteiger partial charge is 0.227 e. The normalized spacial score (nSPS) is 11.0. The number of rotatable bonds is 10. The molecule has 0 heterocycles. The van der Waals surface area contributed by atoms with Crippen LogP contribution in [-0.2, 0) is 4.79 Å². The molecule has 1 aromatic rings. The van der Waals surface area contributed by atoms with E-state index in [2.05, 4.69) is 53.7 Å². The summed E-state index contributed by atoms with van der Waals surface area (Å²) in [6, 6.07) is 8.48. The highest BCUT2D eigenvalue weighted by Crippen LogP contribution is 2.27. The van der Waals surface area contributed by atoms with Gasteiger partial charge in [-0.2, -0.15) is 0 Å². The molecule has 1 aromatic carbocycles. The van der Waals surface area contributed by atoms with Crippen molar-refractivity contribution in [3.8, 4) is 0 Å².